The fourth-order valence-electron chi connectivity index (χ4n) is 1.22. The molecule has 17 heavy (non-hydrogen) atoms. The Morgan fingerprint density at radius 1 is 0.882 bits per heavy atom. The second-order valence-electron chi connectivity index (χ2n) is 3.25. The van der Waals surface area contributed by atoms with Crippen molar-refractivity contribution in [1.29, 1.82) is 0 Å². The highest BCUT2D eigenvalue weighted by molar-refractivity contribution is 9.13. The average molecular weight is 355 g/mol. The van der Waals surface area contributed by atoms with E-state index in [2.05, 4.69) is 47.6 Å². The molecular formula is C12H9Br2N3. The van der Waals surface area contributed by atoms with Crippen molar-refractivity contribution in [2.24, 2.45) is 10.3 Å². The zero-order valence-electron chi connectivity index (χ0n) is 8.77. The van der Waals surface area contributed by atoms with Gasteiger partial charge < -0.3 is 0 Å². The van der Waals surface area contributed by atoms with Gasteiger partial charge in [0, 0.05) is 4.47 Å². The molecule has 0 spiro atoms. The van der Waals surface area contributed by atoms with Crippen molar-refractivity contribution < 1.29 is 0 Å². The van der Waals surface area contributed by atoms with E-state index >= 15 is 0 Å². The summed E-state index contributed by atoms with van der Waals surface area (Å²) < 4.78 is 1.84. The molecular weight excluding hydrogens is 346 g/mol. The number of hydrogen-bond acceptors (Lipinski definition) is 2. The minimum Gasteiger partial charge on any atom is -0.260 e. The Morgan fingerprint density at radius 2 is 1.65 bits per heavy atom. The summed E-state index contributed by atoms with van der Waals surface area (Å²) in [5.74, 6) is 0. The molecule has 3 nitrogen and oxygen atoms in total. The summed E-state index contributed by atoms with van der Waals surface area (Å²) in [6.07, 6.45) is 0. The SMILES string of the molecule is Brc1cccc(N=NNc2ccccc2)c1Br. The Kier molecular flexibility index (Phi) is 4.28. The Bertz CT molecular complexity index is 527. The van der Waals surface area contributed by atoms with Crippen molar-refractivity contribution in [2.75, 3.05) is 5.43 Å². The molecule has 0 saturated heterocycles. The zero-order chi connectivity index (χ0) is 12.1. The smallest absolute Gasteiger partial charge is 0.103 e. The lowest BCUT2D eigenvalue weighted by molar-refractivity contribution is 1.12. The van der Waals surface area contributed by atoms with Crippen LogP contribution in [0.5, 0.6) is 0 Å². The van der Waals surface area contributed by atoms with Crippen LogP contribution >= 0.6 is 31.9 Å². The molecule has 2 aromatic rings. The summed E-state index contributed by atoms with van der Waals surface area (Å²) >= 11 is 6.85. The van der Waals surface area contributed by atoms with E-state index in [1.807, 2.05) is 48.5 Å². The third-order valence-corrected chi connectivity index (χ3v) is 4.07. The van der Waals surface area contributed by atoms with Crippen LogP contribution in [0.4, 0.5) is 11.4 Å². The molecule has 0 aliphatic carbocycles. The molecule has 2 aromatic carbocycles. The molecule has 0 fully saturated rings. The minimum absolute atomic E-state index is 0.766. The highest BCUT2D eigenvalue weighted by Gasteiger charge is 2.01. The highest BCUT2D eigenvalue weighted by Crippen LogP contribution is 2.32. The maximum absolute atomic E-state index is 4.10. The normalized spacial score (nSPS) is 10.7. The lowest BCUT2D eigenvalue weighted by Crippen LogP contribution is -1.84. The van der Waals surface area contributed by atoms with Crippen molar-refractivity contribution in [3.63, 3.8) is 0 Å². The molecule has 1 N–H and O–H groups in total. The summed E-state index contributed by atoms with van der Waals surface area (Å²) in [5.41, 5.74) is 4.53. The van der Waals surface area contributed by atoms with Crippen molar-refractivity contribution >= 4 is 43.2 Å². The van der Waals surface area contributed by atoms with E-state index in [-0.39, 0.29) is 0 Å². The van der Waals surface area contributed by atoms with Gasteiger partial charge in [-0.15, -0.1) is 5.11 Å². The van der Waals surface area contributed by atoms with Crippen molar-refractivity contribution in [2.45, 2.75) is 0 Å². The Balaban J connectivity index is 2.09. The quantitative estimate of drug-likeness (QED) is 0.587. The molecule has 0 unspecified atom stereocenters. The first-order valence-electron chi connectivity index (χ1n) is 4.93. The molecule has 0 atom stereocenters. The Morgan fingerprint density at radius 3 is 2.41 bits per heavy atom. The molecule has 0 radical (unpaired) electrons. The van der Waals surface area contributed by atoms with Crippen LogP contribution in [-0.4, -0.2) is 0 Å². The third-order valence-electron chi connectivity index (χ3n) is 2.04. The van der Waals surface area contributed by atoms with Gasteiger partial charge in [0.2, 0.25) is 0 Å². The molecule has 2 rings (SSSR count). The zero-order valence-corrected chi connectivity index (χ0v) is 11.9. The van der Waals surface area contributed by atoms with Gasteiger partial charge in [0.1, 0.15) is 5.69 Å². The predicted molar refractivity (Wildman–Crippen MR) is 76.4 cm³/mol. The number of benzene rings is 2. The lowest BCUT2D eigenvalue weighted by atomic mass is 10.3. The first kappa shape index (κ1) is 12.3. The standard InChI is InChI=1S/C12H9Br2N3/c13-10-7-4-8-11(12(10)14)16-17-15-9-5-2-1-3-6-9/h1-8H,(H,15,16). The molecule has 0 heterocycles. The summed E-state index contributed by atoms with van der Waals surface area (Å²) in [6, 6.07) is 15.4. The first-order chi connectivity index (χ1) is 8.27. The maximum Gasteiger partial charge on any atom is 0.103 e. The average Bonchev–Trinajstić information content (AvgIpc) is 2.36. The summed E-state index contributed by atoms with van der Waals surface area (Å²) in [5, 5.41) is 8.04. The molecule has 0 saturated carbocycles. The lowest BCUT2D eigenvalue weighted by Gasteiger charge is -2.00. The molecule has 0 aromatic heterocycles. The van der Waals surface area contributed by atoms with Gasteiger partial charge in [0.05, 0.1) is 10.2 Å². The van der Waals surface area contributed by atoms with E-state index in [4.69, 9.17) is 0 Å². The van der Waals surface area contributed by atoms with Crippen LogP contribution in [0.3, 0.4) is 0 Å². The van der Waals surface area contributed by atoms with E-state index in [0.717, 1.165) is 20.3 Å². The molecule has 0 aliphatic rings. The van der Waals surface area contributed by atoms with Gasteiger partial charge in [-0.25, -0.2) is 0 Å². The fraction of sp³-hybridized carbons (Fsp3) is 0. The van der Waals surface area contributed by atoms with Crippen molar-refractivity contribution in [3.8, 4) is 0 Å². The molecule has 0 amide bonds. The van der Waals surface area contributed by atoms with Gasteiger partial charge in [0.25, 0.3) is 0 Å². The van der Waals surface area contributed by atoms with E-state index in [1.54, 1.807) is 0 Å². The fourth-order valence-corrected chi connectivity index (χ4v) is 1.92. The molecule has 0 aliphatic heterocycles. The molecule has 86 valence electrons. The van der Waals surface area contributed by atoms with Gasteiger partial charge in [0.15, 0.2) is 0 Å². The highest BCUT2D eigenvalue weighted by atomic mass is 79.9. The first-order valence-corrected chi connectivity index (χ1v) is 6.52. The van der Waals surface area contributed by atoms with Gasteiger partial charge in [-0.2, -0.15) is 0 Å². The number of para-hydroxylation sites is 1. The topological polar surface area (TPSA) is 36.8 Å². The van der Waals surface area contributed by atoms with Crippen LogP contribution in [0.1, 0.15) is 0 Å². The second kappa shape index (κ2) is 5.93. The van der Waals surface area contributed by atoms with Gasteiger partial charge in [-0.05, 0) is 56.1 Å². The number of nitrogens with one attached hydrogen (secondary N) is 1. The summed E-state index contributed by atoms with van der Waals surface area (Å²) in [4.78, 5) is 0. The van der Waals surface area contributed by atoms with E-state index in [9.17, 15) is 0 Å². The largest absolute Gasteiger partial charge is 0.260 e. The van der Waals surface area contributed by atoms with E-state index < -0.39 is 0 Å². The second-order valence-corrected chi connectivity index (χ2v) is 4.90. The van der Waals surface area contributed by atoms with Crippen molar-refractivity contribution in [3.05, 3.63) is 57.5 Å². The number of nitrogens with zero attached hydrogens (tertiary/aromatic N) is 2. The Labute approximate surface area is 116 Å². The molecule has 5 heteroatoms. The number of anilines is 1. The predicted octanol–water partition coefficient (Wildman–Crippen LogP) is 5.32. The van der Waals surface area contributed by atoms with E-state index in [1.165, 1.54) is 0 Å². The molecule has 0 bridgehead atoms. The van der Waals surface area contributed by atoms with Crippen LogP contribution in [0, 0.1) is 0 Å². The Hall–Kier alpha value is -1.20. The van der Waals surface area contributed by atoms with Crippen LogP contribution in [0.15, 0.2) is 67.8 Å². The number of halogens is 2. The van der Waals surface area contributed by atoms with Crippen LogP contribution in [0.25, 0.3) is 0 Å². The van der Waals surface area contributed by atoms with E-state index in [0.29, 0.717) is 0 Å². The van der Waals surface area contributed by atoms with Crippen LogP contribution in [0.2, 0.25) is 0 Å². The maximum atomic E-state index is 4.10. The van der Waals surface area contributed by atoms with Gasteiger partial charge in [-0.3, -0.25) is 5.43 Å². The summed E-state index contributed by atoms with van der Waals surface area (Å²) in [6.45, 7) is 0. The van der Waals surface area contributed by atoms with Crippen molar-refractivity contribution in [1.82, 2.24) is 0 Å². The number of rotatable bonds is 3. The monoisotopic (exact) mass is 353 g/mol. The third kappa shape index (κ3) is 3.38. The number of hydrogen-bond donors (Lipinski definition) is 1. The minimum atomic E-state index is 0.766. The summed E-state index contributed by atoms with van der Waals surface area (Å²) in [7, 11) is 0. The van der Waals surface area contributed by atoms with Gasteiger partial charge in [-0.1, -0.05) is 29.5 Å². The van der Waals surface area contributed by atoms with Gasteiger partial charge >= 0.3 is 0 Å². The van der Waals surface area contributed by atoms with Crippen LogP contribution < -0.4 is 5.43 Å². The van der Waals surface area contributed by atoms with Crippen LogP contribution in [-0.2, 0) is 0 Å².